The van der Waals surface area contributed by atoms with Gasteiger partial charge < -0.3 is 5.48 Å². The van der Waals surface area contributed by atoms with Gasteiger partial charge in [0.2, 0.25) is 0 Å². The van der Waals surface area contributed by atoms with E-state index in [-0.39, 0.29) is 5.48 Å². The van der Waals surface area contributed by atoms with Gasteiger partial charge in [0.05, 0.1) is 0 Å². The molecule has 9 aromatic carbocycles. The van der Waals surface area contributed by atoms with Crippen molar-refractivity contribution in [1.29, 1.82) is 0 Å². The molecule has 0 saturated heterocycles. The second kappa shape index (κ2) is 21.4. The van der Waals surface area contributed by atoms with E-state index >= 15 is 39.5 Å². The van der Waals surface area contributed by atoms with Crippen LogP contribution >= 0.6 is 0 Å². The van der Waals surface area contributed by atoms with Crippen LogP contribution in [0.2, 0.25) is 0 Å². The van der Waals surface area contributed by atoms with Crippen molar-refractivity contribution < 1.29 is 71.3 Å². The Morgan fingerprint density at radius 1 is 0.197 bits per heavy atom. The Morgan fingerprint density at radius 2 is 0.296 bits per heavy atom. The molecule has 0 atom stereocenters. The van der Waals surface area contributed by atoms with Crippen LogP contribution in [0.5, 0.6) is 0 Å². The van der Waals surface area contributed by atoms with Crippen LogP contribution in [0.4, 0.5) is 39.5 Å². The average Bonchev–Trinajstić information content (AvgIpc) is 3.36. The van der Waals surface area contributed by atoms with Crippen LogP contribution in [-0.2, 0) is 31.7 Å². The number of rotatable bonds is 15. The first-order chi connectivity index (χ1) is 33.8. The molecule has 71 heavy (non-hydrogen) atoms. The van der Waals surface area contributed by atoms with Crippen LogP contribution in [0.3, 0.4) is 0 Å². The molecule has 0 aromatic heterocycles. The summed E-state index contributed by atoms with van der Waals surface area (Å²) in [5, 5.41) is 3.20. The molecular formula is C54H36F9O4Si3V. The Labute approximate surface area is 411 Å². The molecule has 0 radical (unpaired) electrons. The topological polar surface area (TPSA) is 56.2 Å². The van der Waals surface area contributed by atoms with E-state index < -0.39 is 93.5 Å². The molecule has 0 saturated carbocycles. The molecule has 0 heterocycles. The first-order valence-electron chi connectivity index (χ1n) is 21.5. The van der Waals surface area contributed by atoms with E-state index in [2.05, 4.69) is 0 Å². The molecule has 9 aromatic rings. The summed E-state index contributed by atoms with van der Waals surface area (Å²) in [5.41, 5.74) is 0. The Morgan fingerprint density at radius 3 is 0.394 bits per heavy atom. The van der Waals surface area contributed by atoms with Crippen molar-refractivity contribution in [2.24, 2.45) is 0 Å². The molecule has 0 aliphatic rings. The van der Waals surface area contributed by atoms with Crippen molar-refractivity contribution in [1.82, 2.24) is 0 Å². The molecule has 0 amide bonds. The summed E-state index contributed by atoms with van der Waals surface area (Å²) in [6.45, 7) is 0. The van der Waals surface area contributed by atoms with Crippen LogP contribution in [0.1, 0.15) is 0 Å². The largest absolute Gasteiger partial charge is 2.00 e. The van der Waals surface area contributed by atoms with Crippen LogP contribution in [0.15, 0.2) is 218 Å². The molecule has 0 aliphatic carbocycles. The first kappa shape index (κ1) is 50.8. The maximum Gasteiger partial charge on any atom is -2.00 e. The monoisotopic (exact) mass is 1050 g/mol. The standard InChI is InChI=1S/3C18H12F3OSi.O.V/c3*19-13-1-7-16(8-2-13)23(22,17-9-3-14(20)4-10-17)18-11-5-15(21)6-12-18;;/h3*1-12H;;/q3*-1;-2;+5. The van der Waals surface area contributed by atoms with Gasteiger partial charge in [-0.2, -0.15) is 0 Å². The molecule has 0 bridgehead atoms. The third-order valence-corrected chi connectivity index (χ3v) is 29.4. The summed E-state index contributed by atoms with van der Waals surface area (Å²) in [6.07, 6.45) is 0. The Balaban J connectivity index is 0.00000676. The van der Waals surface area contributed by atoms with E-state index in [1.807, 2.05) is 0 Å². The smallest absolute Gasteiger partial charge is 2.00 e. The summed E-state index contributed by atoms with van der Waals surface area (Å²) in [5.74, 6) is -5.52. The van der Waals surface area contributed by atoms with E-state index in [9.17, 15) is 0 Å². The number of benzene rings is 9. The van der Waals surface area contributed by atoms with E-state index in [1.165, 1.54) is 218 Å². The fourth-order valence-electron chi connectivity index (χ4n) is 8.53. The van der Waals surface area contributed by atoms with Crippen LogP contribution in [0.25, 0.3) is 0 Å². The van der Waals surface area contributed by atoms with E-state index in [0.29, 0.717) is 46.7 Å². The molecule has 17 heteroatoms. The van der Waals surface area contributed by atoms with Crippen molar-refractivity contribution in [3.63, 3.8) is 0 Å². The Hall–Kier alpha value is -6.57. The van der Waals surface area contributed by atoms with Crippen LogP contribution in [-0.4, -0.2) is 25.0 Å². The quantitative estimate of drug-likeness (QED) is 0.0607. The minimum atomic E-state index is -4.52. The fraction of sp³-hybridized carbons (Fsp3) is 0. The minimum absolute atomic E-state index is 0. The summed E-state index contributed by atoms with van der Waals surface area (Å²) in [7, 11) is -13.2. The van der Waals surface area contributed by atoms with E-state index in [4.69, 9.17) is 10.1 Å². The molecule has 0 spiro atoms. The van der Waals surface area contributed by atoms with Gasteiger partial charge in [-0.1, -0.05) is 0 Å². The van der Waals surface area contributed by atoms with Gasteiger partial charge in [-0.3, -0.25) is 0 Å². The predicted molar refractivity (Wildman–Crippen MR) is 256 cm³/mol. The summed E-state index contributed by atoms with van der Waals surface area (Å²) in [4.78, 5) is 0. The van der Waals surface area contributed by atoms with Gasteiger partial charge >= 0.3 is 408 Å². The molecule has 0 fully saturated rings. The zero-order valence-corrected chi connectivity index (χ0v) is 41.2. The predicted octanol–water partition coefficient (Wildman–Crippen LogP) is 7.53. The summed E-state index contributed by atoms with van der Waals surface area (Å²) < 4.78 is 159. The van der Waals surface area contributed by atoms with Crippen molar-refractivity contribution in [3.8, 4) is 0 Å². The zero-order chi connectivity index (χ0) is 49.0. The fourth-order valence-corrected chi connectivity index (χ4v) is 28.5. The van der Waals surface area contributed by atoms with Crippen molar-refractivity contribution in [2.75, 3.05) is 0 Å². The first-order valence-corrected chi connectivity index (χ1v) is 28.9. The van der Waals surface area contributed by atoms with Gasteiger partial charge in [0.25, 0.3) is 0 Å². The van der Waals surface area contributed by atoms with Gasteiger partial charge in [-0.15, -0.1) is 0 Å². The second-order valence-corrected chi connectivity index (χ2v) is 29.2. The maximum atomic E-state index is 15.1. The molecular weight excluding hydrogens is 1020 g/mol. The van der Waals surface area contributed by atoms with Gasteiger partial charge in [0.1, 0.15) is 0 Å². The maximum absolute atomic E-state index is 15.1. The number of hydrogen-bond donors (Lipinski definition) is 0. The number of hydrogen-bond acceptors (Lipinski definition) is 3. The van der Waals surface area contributed by atoms with Gasteiger partial charge in [0.15, 0.2) is 0 Å². The van der Waals surface area contributed by atoms with Crippen LogP contribution < -0.4 is 46.7 Å². The third-order valence-electron chi connectivity index (χ3n) is 11.9. The second-order valence-electron chi connectivity index (χ2n) is 16.1. The summed E-state index contributed by atoms with van der Waals surface area (Å²) in [6, 6.07) is 48.4. The van der Waals surface area contributed by atoms with E-state index in [0.717, 1.165) is 0 Å². The molecule has 0 unspecified atom stereocenters. The van der Waals surface area contributed by atoms with Gasteiger partial charge in [-0.25, -0.2) is 0 Å². The van der Waals surface area contributed by atoms with Crippen molar-refractivity contribution >= 4 is 71.6 Å². The molecule has 356 valence electrons. The molecule has 4 nitrogen and oxygen atoms in total. The molecule has 9 rings (SSSR count). The molecule has 0 N–H and O–H groups in total. The van der Waals surface area contributed by atoms with Crippen LogP contribution in [0, 0.1) is 52.4 Å². The van der Waals surface area contributed by atoms with Crippen molar-refractivity contribution in [2.45, 2.75) is 0 Å². The number of halogens is 9. The van der Waals surface area contributed by atoms with E-state index in [1.54, 1.807) is 0 Å². The molecule has 0 aliphatic heterocycles. The normalized spacial score (nSPS) is 11.8. The minimum Gasteiger partial charge on any atom is -2.00 e. The van der Waals surface area contributed by atoms with Crippen molar-refractivity contribution in [3.05, 3.63) is 271 Å². The third kappa shape index (κ3) is 10.3. The Kier molecular flexibility index (Phi) is 15.3. The summed E-state index contributed by atoms with van der Waals surface area (Å²) >= 11 is -4.52. The SMILES string of the molecule is Fc1ccc([Si]([O][V+2]([O][Si](c2ccc(F)cc2)(c2ccc(F)cc2)c2ccc(F)cc2)[O][Si](c2ccc(F)cc2)(c2ccc(F)cc2)c2ccc(F)cc2)(c2ccc(F)cc2)c2ccc(F)cc2)cc1.[O-2]. The average molecular weight is 1060 g/mol. The van der Waals surface area contributed by atoms with Gasteiger partial charge in [-0.05, 0) is 0 Å². The van der Waals surface area contributed by atoms with Gasteiger partial charge in [0, 0.05) is 0 Å². The Bertz CT molecular complexity index is 2520. The zero-order valence-electron chi connectivity index (χ0n) is 36.8.